The Morgan fingerprint density at radius 3 is 2.12 bits per heavy atom. The third-order valence-corrected chi connectivity index (χ3v) is 3.57. The molecule has 0 saturated carbocycles. The Balaban J connectivity index is 2.11. The third kappa shape index (κ3) is 3.03. The number of hydrogen-bond donors (Lipinski definition) is 0. The van der Waals surface area contributed by atoms with Crippen molar-refractivity contribution in [2.45, 2.75) is 0 Å². The predicted octanol–water partition coefficient (Wildman–Crippen LogP) is 3.89. The summed E-state index contributed by atoms with van der Waals surface area (Å²) in [7, 11) is 1.57. The van der Waals surface area contributed by atoms with E-state index in [1.165, 1.54) is 18.2 Å². The van der Waals surface area contributed by atoms with Gasteiger partial charge in [-0.05, 0) is 48.0 Å². The maximum absolute atomic E-state index is 11.6. The van der Waals surface area contributed by atoms with Crippen molar-refractivity contribution >= 4 is 5.69 Å². The number of benzene rings is 2. The molecule has 6 nitrogen and oxygen atoms in total. The molecule has 0 fully saturated rings. The summed E-state index contributed by atoms with van der Waals surface area (Å²) < 4.78 is 10.5. The Morgan fingerprint density at radius 2 is 1.54 bits per heavy atom. The standard InChI is InChI=1S/C18H13NO5/c1-23-15-8-4-13(5-9-15)18-16(10-11-17(20)24-18)12-2-6-14(7-3-12)19(21)22/h2-11H,1H3. The molecule has 1 heterocycles. The van der Waals surface area contributed by atoms with Gasteiger partial charge in [0, 0.05) is 29.3 Å². The van der Waals surface area contributed by atoms with Gasteiger partial charge in [0.2, 0.25) is 0 Å². The van der Waals surface area contributed by atoms with Crippen LogP contribution < -0.4 is 10.4 Å². The molecule has 0 bridgehead atoms. The molecule has 3 aromatic rings. The van der Waals surface area contributed by atoms with Crippen molar-refractivity contribution < 1.29 is 14.1 Å². The van der Waals surface area contributed by atoms with E-state index in [-0.39, 0.29) is 5.69 Å². The molecule has 120 valence electrons. The molecule has 2 aromatic carbocycles. The minimum Gasteiger partial charge on any atom is -0.497 e. The van der Waals surface area contributed by atoms with Gasteiger partial charge < -0.3 is 9.15 Å². The lowest BCUT2D eigenvalue weighted by Crippen LogP contribution is -1.98. The molecule has 0 aliphatic rings. The van der Waals surface area contributed by atoms with Crippen molar-refractivity contribution in [2.75, 3.05) is 7.11 Å². The summed E-state index contributed by atoms with van der Waals surface area (Å²) >= 11 is 0. The molecule has 3 rings (SSSR count). The van der Waals surface area contributed by atoms with Gasteiger partial charge in [0.15, 0.2) is 0 Å². The second-order valence-corrected chi connectivity index (χ2v) is 5.03. The van der Waals surface area contributed by atoms with Crippen LogP contribution in [0.1, 0.15) is 0 Å². The average Bonchev–Trinajstić information content (AvgIpc) is 2.62. The monoisotopic (exact) mass is 323 g/mol. The van der Waals surface area contributed by atoms with Crippen LogP contribution in [0.4, 0.5) is 5.69 Å². The van der Waals surface area contributed by atoms with E-state index >= 15 is 0 Å². The van der Waals surface area contributed by atoms with Crippen LogP contribution in [0.3, 0.4) is 0 Å². The Kier molecular flexibility index (Phi) is 4.11. The minimum absolute atomic E-state index is 0.00197. The van der Waals surface area contributed by atoms with Crippen LogP contribution in [0.25, 0.3) is 22.5 Å². The Hall–Kier alpha value is -3.41. The van der Waals surface area contributed by atoms with Crippen LogP contribution >= 0.6 is 0 Å². The molecule has 0 aliphatic heterocycles. The Morgan fingerprint density at radius 1 is 0.917 bits per heavy atom. The van der Waals surface area contributed by atoms with E-state index in [9.17, 15) is 14.9 Å². The van der Waals surface area contributed by atoms with Crippen LogP contribution in [0.5, 0.6) is 5.75 Å². The number of hydrogen-bond acceptors (Lipinski definition) is 5. The summed E-state index contributed by atoms with van der Waals surface area (Å²) in [5.41, 5.74) is 1.64. The molecular formula is C18H13NO5. The molecule has 0 spiro atoms. The number of rotatable bonds is 4. The van der Waals surface area contributed by atoms with E-state index < -0.39 is 10.5 Å². The van der Waals surface area contributed by atoms with Crippen LogP contribution in [0.15, 0.2) is 69.9 Å². The molecule has 0 N–H and O–H groups in total. The highest BCUT2D eigenvalue weighted by Crippen LogP contribution is 2.32. The van der Waals surface area contributed by atoms with Crippen LogP contribution in [0, 0.1) is 10.1 Å². The summed E-state index contributed by atoms with van der Waals surface area (Å²) in [4.78, 5) is 22.0. The highest BCUT2D eigenvalue weighted by atomic mass is 16.6. The fourth-order valence-electron chi connectivity index (χ4n) is 2.36. The fourth-order valence-corrected chi connectivity index (χ4v) is 2.36. The molecule has 0 aliphatic carbocycles. The van der Waals surface area contributed by atoms with Crippen molar-refractivity contribution in [3.63, 3.8) is 0 Å². The molecule has 0 unspecified atom stereocenters. The van der Waals surface area contributed by atoms with Gasteiger partial charge in [-0.25, -0.2) is 4.79 Å². The maximum Gasteiger partial charge on any atom is 0.336 e. The van der Waals surface area contributed by atoms with Gasteiger partial charge >= 0.3 is 5.63 Å². The number of nitro benzene ring substituents is 1. The summed E-state index contributed by atoms with van der Waals surface area (Å²) in [5, 5.41) is 10.8. The number of ether oxygens (including phenoxy) is 1. The minimum atomic E-state index is -0.466. The van der Waals surface area contributed by atoms with Gasteiger partial charge in [-0.1, -0.05) is 0 Å². The molecular weight excluding hydrogens is 310 g/mol. The maximum atomic E-state index is 11.6. The Labute approximate surface area is 137 Å². The third-order valence-electron chi connectivity index (χ3n) is 3.57. The summed E-state index contributed by atoms with van der Waals surface area (Å²) in [6.45, 7) is 0. The van der Waals surface area contributed by atoms with Gasteiger partial charge in [0.05, 0.1) is 12.0 Å². The average molecular weight is 323 g/mol. The second-order valence-electron chi connectivity index (χ2n) is 5.03. The molecule has 0 saturated heterocycles. The van der Waals surface area contributed by atoms with E-state index in [2.05, 4.69) is 0 Å². The largest absolute Gasteiger partial charge is 0.497 e. The topological polar surface area (TPSA) is 82.6 Å². The van der Waals surface area contributed by atoms with Gasteiger partial charge in [-0.2, -0.15) is 0 Å². The lowest BCUT2D eigenvalue weighted by Gasteiger charge is -2.08. The summed E-state index contributed by atoms with van der Waals surface area (Å²) in [6, 6.07) is 16.1. The zero-order valence-corrected chi connectivity index (χ0v) is 12.8. The van der Waals surface area contributed by atoms with Crippen LogP contribution in [-0.2, 0) is 0 Å². The first-order valence-electron chi connectivity index (χ1n) is 7.12. The molecule has 1 aromatic heterocycles. The molecule has 0 atom stereocenters. The predicted molar refractivity (Wildman–Crippen MR) is 89.1 cm³/mol. The molecule has 6 heteroatoms. The Bertz CT molecular complexity index is 927. The first-order chi connectivity index (χ1) is 11.6. The van der Waals surface area contributed by atoms with Crippen molar-refractivity contribution in [1.82, 2.24) is 0 Å². The van der Waals surface area contributed by atoms with Gasteiger partial charge in [0.1, 0.15) is 11.5 Å². The van der Waals surface area contributed by atoms with Crippen molar-refractivity contribution in [1.29, 1.82) is 0 Å². The van der Waals surface area contributed by atoms with Gasteiger partial charge in [-0.3, -0.25) is 10.1 Å². The van der Waals surface area contributed by atoms with E-state index in [4.69, 9.17) is 9.15 Å². The fraction of sp³-hybridized carbons (Fsp3) is 0.0556. The van der Waals surface area contributed by atoms with Crippen molar-refractivity contribution in [3.05, 3.63) is 81.2 Å². The van der Waals surface area contributed by atoms with Crippen molar-refractivity contribution in [2.24, 2.45) is 0 Å². The van der Waals surface area contributed by atoms with Gasteiger partial charge in [-0.15, -0.1) is 0 Å². The van der Waals surface area contributed by atoms with E-state index in [1.807, 2.05) is 0 Å². The molecule has 0 amide bonds. The molecule has 0 radical (unpaired) electrons. The normalized spacial score (nSPS) is 10.4. The highest BCUT2D eigenvalue weighted by Gasteiger charge is 2.13. The first-order valence-corrected chi connectivity index (χ1v) is 7.12. The number of nitro groups is 1. The summed E-state index contributed by atoms with van der Waals surface area (Å²) in [6.07, 6.45) is 0. The number of nitrogens with zero attached hydrogens (tertiary/aromatic N) is 1. The van der Waals surface area contributed by atoms with Crippen LogP contribution in [-0.4, -0.2) is 12.0 Å². The second kappa shape index (κ2) is 6.37. The number of non-ortho nitro benzene ring substituents is 1. The van der Waals surface area contributed by atoms with E-state index in [1.54, 1.807) is 49.6 Å². The van der Waals surface area contributed by atoms with E-state index in [0.29, 0.717) is 22.6 Å². The van der Waals surface area contributed by atoms with Gasteiger partial charge in [0.25, 0.3) is 5.69 Å². The molecule has 24 heavy (non-hydrogen) atoms. The zero-order valence-electron chi connectivity index (χ0n) is 12.8. The zero-order chi connectivity index (χ0) is 17.1. The highest BCUT2D eigenvalue weighted by molar-refractivity contribution is 5.79. The smallest absolute Gasteiger partial charge is 0.336 e. The first kappa shape index (κ1) is 15.5. The SMILES string of the molecule is COc1ccc(-c2oc(=O)ccc2-c2ccc([N+](=O)[O-])cc2)cc1. The lowest BCUT2D eigenvalue weighted by atomic mass is 10.0. The quantitative estimate of drug-likeness (QED) is 0.537. The van der Waals surface area contributed by atoms with E-state index in [0.717, 1.165) is 5.56 Å². The van der Waals surface area contributed by atoms with Crippen molar-refractivity contribution in [3.8, 4) is 28.2 Å². The lowest BCUT2D eigenvalue weighted by molar-refractivity contribution is -0.384. The summed E-state index contributed by atoms with van der Waals surface area (Å²) in [5.74, 6) is 1.09. The van der Waals surface area contributed by atoms with Crippen LogP contribution in [0.2, 0.25) is 0 Å². The number of methoxy groups -OCH3 is 1.